The molecule has 1 rings (SSSR count). The summed E-state index contributed by atoms with van der Waals surface area (Å²) in [6.45, 7) is 3.37. The topological polar surface area (TPSA) is 63.3 Å². The molecule has 0 aromatic heterocycles. The molecule has 0 heterocycles. The van der Waals surface area contributed by atoms with Gasteiger partial charge >= 0.3 is 0 Å². The summed E-state index contributed by atoms with van der Waals surface area (Å²) in [6, 6.07) is 6.66. The van der Waals surface area contributed by atoms with Crippen LogP contribution in [0.5, 0.6) is 0 Å². The molecule has 4 heteroatoms. The van der Waals surface area contributed by atoms with E-state index in [0.29, 0.717) is 4.90 Å². The van der Waals surface area contributed by atoms with Crippen LogP contribution in [0.1, 0.15) is 19.4 Å². The van der Waals surface area contributed by atoms with Gasteiger partial charge in [-0.25, -0.2) is 4.21 Å². The zero-order chi connectivity index (χ0) is 11.0. The highest BCUT2D eigenvalue weighted by Gasteiger charge is 2.15. The Hall–Kier alpha value is -0.840. The SMILES string of the molecule is C=S(N)(=O)c1ccc(C(C)(C)O)cc1. The molecular weight excluding hydrogens is 198 g/mol. The van der Waals surface area contributed by atoms with Crippen LogP contribution in [0, 0.1) is 0 Å². The van der Waals surface area contributed by atoms with Gasteiger partial charge in [0.15, 0.2) is 0 Å². The number of benzene rings is 1. The Morgan fingerprint density at radius 2 is 1.79 bits per heavy atom. The smallest absolute Gasteiger partial charge is 0.0840 e. The Labute approximate surface area is 84.7 Å². The number of nitrogens with two attached hydrogens (primary N) is 1. The van der Waals surface area contributed by atoms with Crippen LogP contribution in [0.25, 0.3) is 0 Å². The molecule has 78 valence electrons. The summed E-state index contributed by atoms with van der Waals surface area (Å²) < 4.78 is 11.4. The molecular formula is C10H15NO2S. The van der Waals surface area contributed by atoms with Gasteiger partial charge in [-0.15, -0.1) is 0 Å². The van der Waals surface area contributed by atoms with Crippen LogP contribution in [-0.2, 0) is 15.3 Å². The zero-order valence-corrected chi connectivity index (χ0v) is 9.17. The fourth-order valence-electron chi connectivity index (χ4n) is 1.09. The monoisotopic (exact) mass is 213 g/mol. The Morgan fingerprint density at radius 3 is 2.07 bits per heavy atom. The van der Waals surface area contributed by atoms with Crippen molar-refractivity contribution in [2.45, 2.75) is 24.3 Å². The molecule has 0 radical (unpaired) electrons. The van der Waals surface area contributed by atoms with Gasteiger partial charge in [0, 0.05) is 4.90 Å². The molecule has 1 unspecified atom stereocenters. The van der Waals surface area contributed by atoms with E-state index in [9.17, 15) is 9.32 Å². The van der Waals surface area contributed by atoms with Crippen molar-refractivity contribution in [2.75, 3.05) is 0 Å². The predicted molar refractivity (Wildman–Crippen MR) is 59.4 cm³/mol. The van der Waals surface area contributed by atoms with Gasteiger partial charge < -0.3 is 5.11 Å². The van der Waals surface area contributed by atoms with Crippen molar-refractivity contribution < 1.29 is 9.32 Å². The summed E-state index contributed by atoms with van der Waals surface area (Å²) in [5.41, 5.74) is -0.139. The molecule has 3 nitrogen and oxygen atoms in total. The summed E-state index contributed by atoms with van der Waals surface area (Å²) in [7, 11) is -2.65. The van der Waals surface area contributed by atoms with Gasteiger partial charge in [-0.2, -0.15) is 0 Å². The molecule has 1 atom stereocenters. The minimum absolute atomic E-state index is 0.491. The molecule has 0 fully saturated rings. The lowest BCUT2D eigenvalue weighted by Crippen LogP contribution is -2.16. The largest absolute Gasteiger partial charge is 0.386 e. The Balaban J connectivity index is 3.14. The van der Waals surface area contributed by atoms with Crippen LogP contribution >= 0.6 is 0 Å². The number of rotatable bonds is 2. The van der Waals surface area contributed by atoms with Gasteiger partial charge in [0.1, 0.15) is 0 Å². The van der Waals surface area contributed by atoms with E-state index in [-0.39, 0.29) is 0 Å². The Kier molecular flexibility index (Phi) is 2.71. The molecule has 0 saturated heterocycles. The summed E-state index contributed by atoms with van der Waals surface area (Å²) in [5, 5.41) is 15.0. The van der Waals surface area contributed by atoms with Crippen molar-refractivity contribution in [1.29, 1.82) is 0 Å². The maximum absolute atomic E-state index is 11.4. The number of hydrogen-bond acceptors (Lipinski definition) is 2. The van der Waals surface area contributed by atoms with E-state index in [1.165, 1.54) is 0 Å². The number of hydrogen-bond donors (Lipinski definition) is 2. The third-order valence-corrected chi connectivity index (χ3v) is 3.03. The summed E-state index contributed by atoms with van der Waals surface area (Å²) in [4.78, 5) is 0.491. The maximum atomic E-state index is 11.4. The first-order valence-electron chi connectivity index (χ1n) is 4.19. The van der Waals surface area contributed by atoms with Crippen LogP contribution in [0.4, 0.5) is 0 Å². The van der Waals surface area contributed by atoms with Crippen LogP contribution in [0.2, 0.25) is 0 Å². The quantitative estimate of drug-likeness (QED) is 0.716. The first-order chi connectivity index (χ1) is 6.21. The maximum Gasteiger partial charge on any atom is 0.0840 e. The minimum Gasteiger partial charge on any atom is -0.386 e. The summed E-state index contributed by atoms with van der Waals surface area (Å²) in [6.07, 6.45) is 0. The molecule has 14 heavy (non-hydrogen) atoms. The van der Waals surface area contributed by atoms with Gasteiger partial charge in [-0.1, -0.05) is 12.1 Å². The Morgan fingerprint density at radius 1 is 1.36 bits per heavy atom. The molecule has 0 aliphatic carbocycles. The lowest BCUT2D eigenvalue weighted by Gasteiger charge is -2.17. The standard InChI is InChI=1S/C10H15NO2S/c1-10(2,12)8-4-6-9(7-5-8)14(3,11)13/h4-7,12H,3H2,1-2H3,(H2,11,13). The summed E-state index contributed by atoms with van der Waals surface area (Å²) in [5.74, 6) is 3.38. The van der Waals surface area contributed by atoms with Crippen molar-refractivity contribution in [2.24, 2.45) is 5.14 Å². The van der Waals surface area contributed by atoms with E-state index < -0.39 is 15.3 Å². The van der Waals surface area contributed by atoms with E-state index >= 15 is 0 Å². The fraction of sp³-hybridized carbons (Fsp3) is 0.300. The van der Waals surface area contributed by atoms with Gasteiger partial charge in [0.05, 0.1) is 15.3 Å². The fourth-order valence-corrected chi connectivity index (χ4v) is 1.69. The van der Waals surface area contributed by atoms with Crippen molar-refractivity contribution >= 4 is 15.6 Å². The van der Waals surface area contributed by atoms with Gasteiger partial charge in [-0.05, 0) is 37.4 Å². The van der Waals surface area contributed by atoms with E-state index in [2.05, 4.69) is 5.87 Å². The predicted octanol–water partition coefficient (Wildman–Crippen LogP) is 0.863. The summed E-state index contributed by atoms with van der Waals surface area (Å²) >= 11 is 0. The van der Waals surface area contributed by atoms with E-state index in [0.717, 1.165) is 5.56 Å². The van der Waals surface area contributed by atoms with Crippen LogP contribution in [0.3, 0.4) is 0 Å². The minimum atomic E-state index is -2.65. The van der Waals surface area contributed by atoms with E-state index in [4.69, 9.17) is 5.14 Å². The van der Waals surface area contributed by atoms with Crippen LogP contribution < -0.4 is 5.14 Å². The van der Waals surface area contributed by atoms with Crippen molar-refractivity contribution in [3.8, 4) is 0 Å². The molecule has 0 amide bonds. The lowest BCUT2D eigenvalue weighted by atomic mass is 9.99. The molecule has 0 bridgehead atoms. The third-order valence-electron chi connectivity index (χ3n) is 1.96. The molecule has 1 aromatic carbocycles. The normalized spacial score (nSPS) is 16.3. The van der Waals surface area contributed by atoms with Crippen LogP contribution in [0.15, 0.2) is 29.2 Å². The molecule has 0 saturated carbocycles. The molecule has 0 aliphatic rings. The average molecular weight is 213 g/mol. The molecule has 1 aromatic rings. The first kappa shape index (κ1) is 11.2. The first-order valence-corrected chi connectivity index (χ1v) is 5.98. The lowest BCUT2D eigenvalue weighted by molar-refractivity contribution is 0.0785. The van der Waals surface area contributed by atoms with Crippen LogP contribution in [-0.4, -0.2) is 15.2 Å². The van der Waals surface area contributed by atoms with Crippen molar-refractivity contribution in [3.05, 3.63) is 29.8 Å². The zero-order valence-electron chi connectivity index (χ0n) is 8.36. The number of aliphatic hydroxyl groups is 1. The average Bonchev–Trinajstić information content (AvgIpc) is 2.01. The molecule has 0 aliphatic heterocycles. The molecule has 0 spiro atoms. The van der Waals surface area contributed by atoms with Gasteiger partial charge in [-0.3, -0.25) is 5.14 Å². The second-order valence-electron chi connectivity index (χ2n) is 3.81. The van der Waals surface area contributed by atoms with E-state index in [1.807, 2.05) is 0 Å². The highest BCUT2D eigenvalue weighted by atomic mass is 32.2. The van der Waals surface area contributed by atoms with Gasteiger partial charge in [0.25, 0.3) is 0 Å². The highest BCUT2D eigenvalue weighted by molar-refractivity contribution is 7.98. The van der Waals surface area contributed by atoms with Gasteiger partial charge in [0.2, 0.25) is 0 Å². The van der Waals surface area contributed by atoms with E-state index in [1.54, 1.807) is 38.1 Å². The third kappa shape index (κ3) is 2.57. The Bertz CT molecular complexity index is 412. The highest BCUT2D eigenvalue weighted by Crippen LogP contribution is 2.20. The second kappa shape index (κ2) is 3.38. The molecule has 3 N–H and O–H groups in total. The van der Waals surface area contributed by atoms with Crippen molar-refractivity contribution in [1.82, 2.24) is 0 Å². The second-order valence-corrected chi connectivity index (χ2v) is 5.73. The van der Waals surface area contributed by atoms with Crippen molar-refractivity contribution in [3.63, 3.8) is 0 Å².